The van der Waals surface area contributed by atoms with Gasteiger partial charge in [0.15, 0.2) is 0 Å². The molecule has 1 aromatic rings. The molecule has 0 aliphatic rings. The minimum absolute atomic E-state index is 0.0287. The van der Waals surface area contributed by atoms with Crippen LogP contribution in [0.15, 0.2) is 29.2 Å². The molecule has 3 N–H and O–H groups in total. The molecule has 9 nitrogen and oxygen atoms in total. The molecule has 240 valence electrons. The number of carbonyl (C=O) groups excluding carboxylic acids is 3. The molecule has 42 heavy (non-hydrogen) atoms. The third kappa shape index (κ3) is 17.8. The van der Waals surface area contributed by atoms with E-state index in [-0.39, 0.29) is 29.7 Å². The molecule has 0 spiro atoms. The van der Waals surface area contributed by atoms with Crippen molar-refractivity contribution in [2.75, 3.05) is 31.0 Å². The number of carbonyl (C=O) groups is 3. The summed E-state index contributed by atoms with van der Waals surface area (Å²) < 4.78 is 32.5. The van der Waals surface area contributed by atoms with Crippen LogP contribution in [-0.2, 0) is 29.1 Å². The molecule has 0 saturated carbocycles. The molecule has 11 heteroatoms. The third-order valence-corrected chi connectivity index (χ3v) is 9.16. The van der Waals surface area contributed by atoms with Crippen molar-refractivity contribution in [3.63, 3.8) is 0 Å². The maximum absolute atomic E-state index is 12.7. The molecule has 2 amide bonds. The number of hydrogen-bond acceptors (Lipinski definition) is 7. The monoisotopic (exact) mass is 627 g/mol. The van der Waals surface area contributed by atoms with Gasteiger partial charge < -0.3 is 15.4 Å². The molecular formula is C31H53N3O6S2. The maximum atomic E-state index is 12.7. The molecule has 0 unspecified atom stereocenters. The average Bonchev–Trinajstić information content (AvgIpc) is 2.97. The number of nitrogens with one attached hydrogen (secondary N) is 3. The van der Waals surface area contributed by atoms with Gasteiger partial charge in [-0.05, 0) is 49.1 Å². The van der Waals surface area contributed by atoms with Gasteiger partial charge in [0.25, 0.3) is 0 Å². The summed E-state index contributed by atoms with van der Waals surface area (Å²) in [5, 5.41) is 5.50. The first-order chi connectivity index (χ1) is 20.2. The number of amides is 2. The van der Waals surface area contributed by atoms with Gasteiger partial charge in [-0.1, -0.05) is 84.0 Å². The summed E-state index contributed by atoms with van der Waals surface area (Å²) in [6.07, 6.45) is 19.1. The van der Waals surface area contributed by atoms with Crippen LogP contribution in [0.1, 0.15) is 110 Å². The van der Waals surface area contributed by atoms with Gasteiger partial charge in [0.05, 0.1) is 12.0 Å². The first kappa shape index (κ1) is 37.9. The van der Waals surface area contributed by atoms with Crippen molar-refractivity contribution >= 4 is 45.3 Å². The van der Waals surface area contributed by atoms with Crippen molar-refractivity contribution in [2.24, 2.45) is 0 Å². The van der Waals surface area contributed by atoms with E-state index in [9.17, 15) is 22.8 Å². The van der Waals surface area contributed by atoms with Crippen LogP contribution in [0.4, 0.5) is 5.69 Å². The molecular weight excluding hydrogens is 574 g/mol. The largest absolute Gasteiger partial charge is 0.468 e. The molecule has 0 fully saturated rings. The average molecular weight is 628 g/mol. The fourth-order valence-corrected chi connectivity index (χ4v) is 6.20. The highest BCUT2D eigenvalue weighted by Gasteiger charge is 2.26. The summed E-state index contributed by atoms with van der Waals surface area (Å²) in [5.74, 6) is -0.385. The minimum Gasteiger partial charge on any atom is -0.468 e. The van der Waals surface area contributed by atoms with Crippen molar-refractivity contribution in [1.82, 2.24) is 10.0 Å². The van der Waals surface area contributed by atoms with Gasteiger partial charge in [-0.2, -0.15) is 16.5 Å². The number of thioether (sulfide) groups is 1. The maximum Gasteiger partial charge on any atom is 0.323 e. The Morgan fingerprint density at radius 3 is 1.88 bits per heavy atom. The van der Waals surface area contributed by atoms with E-state index in [1.54, 1.807) is 0 Å². The predicted molar refractivity (Wildman–Crippen MR) is 172 cm³/mol. The van der Waals surface area contributed by atoms with Crippen LogP contribution in [-0.4, -0.2) is 57.9 Å². The normalized spacial score (nSPS) is 12.1. The van der Waals surface area contributed by atoms with Crippen LogP contribution in [0, 0.1) is 0 Å². The van der Waals surface area contributed by atoms with Crippen molar-refractivity contribution in [3.8, 4) is 0 Å². The van der Waals surface area contributed by atoms with E-state index in [0.717, 1.165) is 19.3 Å². The van der Waals surface area contributed by atoms with Gasteiger partial charge in [-0.25, -0.2) is 8.42 Å². The van der Waals surface area contributed by atoms with Gasteiger partial charge in [0.1, 0.15) is 6.04 Å². The third-order valence-electron chi connectivity index (χ3n) is 7.02. The Kier molecular flexibility index (Phi) is 21.1. The lowest BCUT2D eigenvalue weighted by atomic mass is 10.0. The molecule has 1 atom stereocenters. The van der Waals surface area contributed by atoms with Crippen molar-refractivity contribution in [3.05, 3.63) is 24.3 Å². The number of ether oxygens (including phenoxy) is 1. The number of hydrogen-bond donors (Lipinski definition) is 3. The number of sulfonamides is 1. The quantitative estimate of drug-likeness (QED) is 0.0871. The molecule has 0 heterocycles. The number of rotatable bonds is 25. The molecule has 0 aliphatic carbocycles. The fraction of sp³-hybridized carbons (Fsp3) is 0.710. The Bertz CT molecular complexity index is 1000. The molecule has 0 radical (unpaired) electrons. The summed E-state index contributed by atoms with van der Waals surface area (Å²) in [4.78, 5) is 36.3. The second-order valence-electron chi connectivity index (χ2n) is 10.6. The molecule has 0 bridgehead atoms. The first-order valence-electron chi connectivity index (χ1n) is 15.5. The SMILES string of the molecule is CCCCCCCCCCCCCCCC(=O)NCCC(=O)Nc1ccc(S(=O)(=O)N[C@@H](CCSC)C(=O)OC)cc1. The highest BCUT2D eigenvalue weighted by Crippen LogP contribution is 2.16. The zero-order valence-electron chi connectivity index (χ0n) is 25.9. The number of esters is 1. The summed E-state index contributed by atoms with van der Waals surface area (Å²) >= 11 is 1.50. The lowest BCUT2D eigenvalue weighted by molar-refractivity contribution is -0.142. The number of methoxy groups -OCH3 is 1. The second-order valence-corrected chi connectivity index (χ2v) is 13.3. The molecule has 1 aromatic carbocycles. The summed E-state index contributed by atoms with van der Waals surface area (Å²) in [5.41, 5.74) is 0.434. The molecule has 0 saturated heterocycles. The fourth-order valence-electron chi connectivity index (χ4n) is 4.51. The zero-order valence-corrected chi connectivity index (χ0v) is 27.5. The molecule has 0 aliphatic heterocycles. The van der Waals surface area contributed by atoms with Gasteiger partial charge in [-0.3, -0.25) is 14.4 Å². The number of unbranched alkanes of at least 4 members (excludes halogenated alkanes) is 12. The Labute approximate surface area is 258 Å². The van der Waals surface area contributed by atoms with Gasteiger partial charge in [0, 0.05) is 25.1 Å². The Balaban J connectivity index is 2.21. The topological polar surface area (TPSA) is 131 Å². The number of anilines is 1. The van der Waals surface area contributed by atoms with E-state index < -0.39 is 22.0 Å². The van der Waals surface area contributed by atoms with Crippen molar-refractivity contribution in [1.29, 1.82) is 0 Å². The lowest BCUT2D eigenvalue weighted by Gasteiger charge is -2.16. The smallest absolute Gasteiger partial charge is 0.323 e. The van der Waals surface area contributed by atoms with Crippen LogP contribution in [0.25, 0.3) is 0 Å². The van der Waals surface area contributed by atoms with Crippen LogP contribution in [0.5, 0.6) is 0 Å². The van der Waals surface area contributed by atoms with Gasteiger partial charge in [-0.15, -0.1) is 0 Å². The zero-order chi connectivity index (χ0) is 31.1. The summed E-state index contributed by atoms with van der Waals surface area (Å²) in [6, 6.07) is 4.70. The standard InChI is InChI=1S/C31H53N3O6S2/c1-4-5-6-7-8-9-10-11-12-13-14-15-16-17-29(35)32-24-22-30(36)33-26-18-20-27(21-19-26)42(38,39)34-28(23-25-41-3)31(37)40-2/h18-21,28,34H,4-17,22-25H2,1-3H3,(H,32,35)(H,33,36)/t28-/m0/s1. The molecule has 0 aromatic heterocycles. The van der Waals surface area contributed by atoms with E-state index in [4.69, 9.17) is 4.74 Å². The van der Waals surface area contributed by atoms with E-state index in [1.807, 2.05) is 6.26 Å². The number of benzene rings is 1. The minimum atomic E-state index is -3.96. The lowest BCUT2D eigenvalue weighted by Crippen LogP contribution is -2.41. The van der Waals surface area contributed by atoms with Crippen molar-refractivity contribution < 1.29 is 27.5 Å². The summed E-state index contributed by atoms with van der Waals surface area (Å²) in [6.45, 7) is 2.49. The highest BCUT2D eigenvalue weighted by atomic mass is 32.2. The van der Waals surface area contributed by atoms with Crippen LogP contribution in [0.3, 0.4) is 0 Å². The Morgan fingerprint density at radius 2 is 1.36 bits per heavy atom. The predicted octanol–water partition coefficient (Wildman–Crippen LogP) is 6.19. The van der Waals surface area contributed by atoms with Crippen molar-refractivity contribution in [2.45, 2.75) is 121 Å². The van der Waals surface area contributed by atoms with Crippen LogP contribution < -0.4 is 15.4 Å². The van der Waals surface area contributed by atoms with E-state index in [1.165, 1.54) is 107 Å². The molecule has 1 rings (SSSR count). The van der Waals surface area contributed by atoms with E-state index in [2.05, 4.69) is 22.3 Å². The second kappa shape index (κ2) is 23.4. The van der Waals surface area contributed by atoms with E-state index in [0.29, 0.717) is 24.3 Å². The van der Waals surface area contributed by atoms with Crippen LogP contribution >= 0.6 is 11.8 Å². The Morgan fingerprint density at radius 1 is 0.810 bits per heavy atom. The van der Waals surface area contributed by atoms with Gasteiger partial charge >= 0.3 is 5.97 Å². The van der Waals surface area contributed by atoms with E-state index >= 15 is 0 Å². The van der Waals surface area contributed by atoms with Gasteiger partial charge in [0.2, 0.25) is 21.8 Å². The summed E-state index contributed by atoms with van der Waals surface area (Å²) in [7, 11) is -2.74. The highest BCUT2D eigenvalue weighted by molar-refractivity contribution is 7.98. The Hall–Kier alpha value is -2.11. The first-order valence-corrected chi connectivity index (χ1v) is 18.4. The van der Waals surface area contributed by atoms with Crippen LogP contribution in [0.2, 0.25) is 0 Å².